The summed E-state index contributed by atoms with van der Waals surface area (Å²) in [4.78, 5) is 9.69. The maximum atomic E-state index is 6.36. The molecular weight excluding hydrogens is 494 g/mol. The van der Waals surface area contributed by atoms with Gasteiger partial charge in [0.2, 0.25) is 0 Å². The van der Waals surface area contributed by atoms with E-state index in [9.17, 15) is 0 Å². The van der Waals surface area contributed by atoms with Crippen molar-refractivity contribution < 1.29 is 4.42 Å². The largest absolute Gasteiger partial charge is 0.455 e. The van der Waals surface area contributed by atoms with E-state index >= 15 is 0 Å². The van der Waals surface area contributed by atoms with Gasteiger partial charge < -0.3 is 4.42 Å². The Balaban J connectivity index is 1.41. The predicted molar refractivity (Wildman–Crippen MR) is 160 cm³/mol. The Labute approximate surface area is 227 Å². The number of para-hydroxylation sites is 3. The lowest BCUT2D eigenvalue weighted by Gasteiger charge is -2.22. The van der Waals surface area contributed by atoms with Crippen molar-refractivity contribution in [2.75, 3.05) is 0 Å². The minimum absolute atomic E-state index is 0.760. The van der Waals surface area contributed by atoms with Gasteiger partial charge in [-0.3, -0.25) is 20.4 Å². The molecular formula is C34H21N5O. The smallest absolute Gasteiger partial charge is 0.158 e. The van der Waals surface area contributed by atoms with E-state index in [4.69, 9.17) is 14.4 Å². The van der Waals surface area contributed by atoms with Crippen LogP contribution >= 0.6 is 0 Å². The van der Waals surface area contributed by atoms with Crippen LogP contribution in [0.1, 0.15) is 5.56 Å². The van der Waals surface area contributed by atoms with E-state index in [1.54, 1.807) is 12.4 Å². The first-order valence-corrected chi connectivity index (χ1v) is 13.3. The Kier molecular flexibility index (Phi) is 4.24. The summed E-state index contributed by atoms with van der Waals surface area (Å²) < 4.78 is 8.60. The van der Waals surface area contributed by atoms with Gasteiger partial charge in [0.05, 0.1) is 16.7 Å². The minimum atomic E-state index is 0.760. The second kappa shape index (κ2) is 7.94. The molecule has 40 heavy (non-hydrogen) atoms. The van der Waals surface area contributed by atoms with E-state index in [1.807, 2.05) is 18.2 Å². The van der Waals surface area contributed by atoms with Crippen LogP contribution in [0.5, 0.6) is 0 Å². The Morgan fingerprint density at radius 1 is 0.575 bits per heavy atom. The number of nitrogens with zero attached hydrogens (tertiary/aromatic N) is 3. The molecule has 0 fully saturated rings. The molecule has 9 rings (SSSR count). The number of benzene rings is 5. The van der Waals surface area contributed by atoms with Crippen LogP contribution in [0.4, 0.5) is 0 Å². The van der Waals surface area contributed by atoms with Gasteiger partial charge in [-0.2, -0.15) is 0 Å². The lowest BCUT2D eigenvalue weighted by molar-refractivity contribution is 0.664. The SMILES string of the molecule is c1ccc2cc3c(cc2c1)c1ccccc1n3C1=c2nccnc2=C(c2cccc3c2oc2ccccc23)NN1. The average molecular weight is 516 g/mol. The molecule has 0 spiro atoms. The molecule has 0 bridgehead atoms. The standard InChI is InChI=1S/C34H21N5O/c1-2-9-21-19-28-26(18-20(21)8-1)22-10-3-5-14-27(22)39(28)34-32-31(35-16-17-36-32)30(37-38-34)25-13-7-12-24-23-11-4-6-15-29(23)40-33(24)25/h1-19,37-38H. The molecule has 0 saturated heterocycles. The van der Waals surface area contributed by atoms with Crippen LogP contribution in [0.25, 0.3) is 66.0 Å². The number of furan rings is 1. The third kappa shape index (κ3) is 2.87. The van der Waals surface area contributed by atoms with Crippen LogP contribution in [-0.2, 0) is 0 Å². The summed E-state index contributed by atoms with van der Waals surface area (Å²) in [6.45, 7) is 0. The number of hydrazine groups is 1. The molecule has 8 aromatic rings. The average Bonchev–Trinajstić information content (AvgIpc) is 3.55. The highest BCUT2D eigenvalue weighted by atomic mass is 16.3. The molecule has 6 nitrogen and oxygen atoms in total. The highest BCUT2D eigenvalue weighted by Crippen LogP contribution is 2.35. The van der Waals surface area contributed by atoms with Gasteiger partial charge in [0.25, 0.3) is 0 Å². The van der Waals surface area contributed by atoms with Crippen LogP contribution in [0.15, 0.2) is 120 Å². The normalized spacial score (nSPS) is 13.3. The number of rotatable bonds is 2. The second-order valence-electron chi connectivity index (χ2n) is 10.1. The topological polar surface area (TPSA) is 67.9 Å². The molecule has 5 aromatic carbocycles. The van der Waals surface area contributed by atoms with Gasteiger partial charge in [-0.1, -0.05) is 72.8 Å². The highest BCUT2D eigenvalue weighted by molar-refractivity contribution is 6.14. The van der Waals surface area contributed by atoms with Crippen molar-refractivity contribution in [3.05, 3.63) is 132 Å². The molecule has 0 aliphatic carbocycles. The van der Waals surface area contributed by atoms with E-state index in [2.05, 4.69) is 100 Å². The Hall–Kier alpha value is -5.62. The molecule has 188 valence electrons. The second-order valence-corrected chi connectivity index (χ2v) is 10.1. The maximum Gasteiger partial charge on any atom is 0.158 e. The van der Waals surface area contributed by atoms with Gasteiger partial charge in [-0.15, -0.1) is 0 Å². The molecule has 2 N–H and O–H groups in total. The van der Waals surface area contributed by atoms with Gasteiger partial charge in [-0.05, 0) is 41.1 Å². The summed E-state index contributed by atoms with van der Waals surface area (Å²) >= 11 is 0. The lowest BCUT2D eigenvalue weighted by atomic mass is 10.1. The molecule has 4 heterocycles. The zero-order valence-corrected chi connectivity index (χ0v) is 21.2. The summed E-state index contributed by atoms with van der Waals surface area (Å²) in [6, 6.07) is 35.8. The van der Waals surface area contributed by atoms with Crippen LogP contribution in [0, 0.1) is 0 Å². The molecule has 0 unspecified atom stereocenters. The molecule has 6 heteroatoms. The monoisotopic (exact) mass is 515 g/mol. The van der Waals surface area contributed by atoms with Gasteiger partial charge in [0.1, 0.15) is 21.9 Å². The highest BCUT2D eigenvalue weighted by Gasteiger charge is 2.22. The van der Waals surface area contributed by atoms with E-state index in [0.29, 0.717) is 0 Å². The Morgan fingerprint density at radius 2 is 1.30 bits per heavy atom. The van der Waals surface area contributed by atoms with Crippen molar-refractivity contribution >= 4 is 66.0 Å². The zero-order valence-electron chi connectivity index (χ0n) is 21.2. The molecule has 0 atom stereocenters. The Bertz CT molecular complexity index is 2450. The summed E-state index contributed by atoms with van der Waals surface area (Å²) in [5.74, 6) is 0.824. The van der Waals surface area contributed by atoms with Crippen molar-refractivity contribution in [3.8, 4) is 0 Å². The summed E-state index contributed by atoms with van der Waals surface area (Å²) in [6.07, 6.45) is 3.48. The summed E-state index contributed by atoms with van der Waals surface area (Å²) in [7, 11) is 0. The van der Waals surface area contributed by atoms with E-state index in [-0.39, 0.29) is 0 Å². The molecule has 1 aliphatic heterocycles. The molecule has 3 aromatic heterocycles. The number of nitrogens with one attached hydrogen (secondary N) is 2. The summed E-state index contributed by atoms with van der Waals surface area (Å²) in [5.41, 5.74) is 12.6. The fourth-order valence-corrected chi connectivity index (χ4v) is 6.13. The van der Waals surface area contributed by atoms with Crippen LogP contribution in [-0.4, -0.2) is 14.5 Å². The van der Waals surface area contributed by atoms with Crippen molar-refractivity contribution in [1.82, 2.24) is 25.4 Å². The van der Waals surface area contributed by atoms with Crippen LogP contribution in [0.3, 0.4) is 0 Å². The first kappa shape index (κ1) is 21.3. The first-order valence-electron chi connectivity index (χ1n) is 13.3. The fraction of sp³-hybridized carbons (Fsp3) is 0. The van der Waals surface area contributed by atoms with E-state index < -0.39 is 0 Å². The third-order valence-electron chi connectivity index (χ3n) is 7.90. The van der Waals surface area contributed by atoms with Crippen molar-refractivity contribution in [1.29, 1.82) is 0 Å². The zero-order chi connectivity index (χ0) is 26.2. The molecule has 1 aliphatic rings. The molecule has 0 saturated carbocycles. The quantitative estimate of drug-likeness (QED) is 0.318. The maximum absolute atomic E-state index is 6.36. The van der Waals surface area contributed by atoms with Gasteiger partial charge in [0.15, 0.2) is 5.82 Å². The Morgan fingerprint density at radius 3 is 2.20 bits per heavy atom. The van der Waals surface area contributed by atoms with Gasteiger partial charge >= 0.3 is 0 Å². The molecule has 0 radical (unpaired) electrons. The number of fused-ring (bicyclic) bond motifs is 8. The van der Waals surface area contributed by atoms with Gasteiger partial charge in [-0.25, -0.2) is 4.98 Å². The number of hydrogen-bond donors (Lipinski definition) is 2. The van der Waals surface area contributed by atoms with Crippen molar-refractivity contribution in [2.24, 2.45) is 0 Å². The van der Waals surface area contributed by atoms with Crippen LogP contribution < -0.4 is 21.5 Å². The fourth-order valence-electron chi connectivity index (χ4n) is 6.13. The summed E-state index contributed by atoms with van der Waals surface area (Å²) in [5, 5.41) is 8.46. The van der Waals surface area contributed by atoms with Crippen molar-refractivity contribution in [3.63, 3.8) is 0 Å². The first-order chi connectivity index (χ1) is 19.8. The number of hydrogen-bond acceptors (Lipinski definition) is 5. The minimum Gasteiger partial charge on any atom is -0.455 e. The van der Waals surface area contributed by atoms with E-state index in [0.717, 1.165) is 60.8 Å². The van der Waals surface area contributed by atoms with Gasteiger partial charge in [0, 0.05) is 39.5 Å². The van der Waals surface area contributed by atoms with Crippen molar-refractivity contribution in [2.45, 2.75) is 0 Å². The third-order valence-corrected chi connectivity index (χ3v) is 7.90. The lowest BCUT2D eigenvalue weighted by Crippen LogP contribution is -2.51. The molecule has 0 amide bonds. The number of aromatic nitrogens is 3. The van der Waals surface area contributed by atoms with E-state index in [1.165, 1.54) is 21.5 Å². The van der Waals surface area contributed by atoms with Crippen LogP contribution in [0.2, 0.25) is 0 Å². The predicted octanol–water partition coefficient (Wildman–Crippen LogP) is 5.52.